The van der Waals surface area contributed by atoms with Crippen LogP contribution in [0.3, 0.4) is 0 Å². The number of hydrogen-bond acceptors (Lipinski definition) is 3. The van der Waals surface area contributed by atoms with Gasteiger partial charge in [0.1, 0.15) is 0 Å². The zero-order chi connectivity index (χ0) is 5.40. The predicted molar refractivity (Wildman–Crippen MR) is 31.8 cm³/mol. The first-order valence-corrected chi connectivity index (χ1v) is 3.07. The maximum Gasteiger partial charge on any atom is 0.166 e. The largest absolute Gasteiger partial charge is 0.260 e. The summed E-state index contributed by atoms with van der Waals surface area (Å²) in [5.41, 5.74) is 2.68. The van der Waals surface area contributed by atoms with Crippen LogP contribution in [0.25, 0.3) is 10.3 Å². The topological polar surface area (TPSA) is 41.6 Å². The Bertz CT molecular complexity index is 233. The molecule has 2 heterocycles. The number of aromatic nitrogens is 3. The lowest BCUT2D eigenvalue weighted by Crippen LogP contribution is -1.64. The summed E-state index contributed by atoms with van der Waals surface area (Å²) >= 11 is 1.59. The summed E-state index contributed by atoms with van der Waals surface area (Å²) < 4.78 is 1.12. The van der Waals surface area contributed by atoms with E-state index >= 15 is 0 Å². The van der Waals surface area contributed by atoms with Crippen molar-refractivity contribution in [2.45, 2.75) is 0 Å². The fourth-order valence-electron chi connectivity index (χ4n) is 0.583. The highest BCUT2D eigenvalue weighted by Crippen LogP contribution is 2.12. The molecule has 0 atom stereocenters. The van der Waals surface area contributed by atoms with Gasteiger partial charge >= 0.3 is 0 Å². The molecule has 0 spiro atoms. The van der Waals surface area contributed by atoms with Gasteiger partial charge in [-0.3, -0.25) is 5.10 Å². The summed E-state index contributed by atoms with van der Waals surface area (Å²) in [6, 6.07) is 0. The Morgan fingerprint density at radius 2 is 2.62 bits per heavy atom. The van der Waals surface area contributed by atoms with Gasteiger partial charge in [-0.2, -0.15) is 5.10 Å². The number of hydrogen-bond donors (Lipinski definition) is 1. The van der Waals surface area contributed by atoms with Gasteiger partial charge in [-0.05, 0) is 0 Å². The monoisotopic (exact) mass is 125 g/mol. The molecule has 0 unspecified atom stereocenters. The van der Waals surface area contributed by atoms with Crippen LogP contribution in [0.5, 0.6) is 0 Å². The van der Waals surface area contributed by atoms with Gasteiger partial charge in [0.05, 0.1) is 16.4 Å². The second kappa shape index (κ2) is 1.29. The van der Waals surface area contributed by atoms with Crippen molar-refractivity contribution >= 4 is 21.7 Å². The zero-order valence-electron chi connectivity index (χ0n) is 3.96. The Kier molecular flexibility index (Phi) is 0.648. The van der Waals surface area contributed by atoms with E-state index in [9.17, 15) is 0 Å². The Labute approximate surface area is 49.4 Å². The molecular weight excluding hydrogens is 122 g/mol. The van der Waals surface area contributed by atoms with Crippen molar-refractivity contribution in [2.75, 3.05) is 0 Å². The van der Waals surface area contributed by atoms with Crippen LogP contribution >= 0.6 is 11.3 Å². The third-order valence-electron chi connectivity index (χ3n) is 0.947. The van der Waals surface area contributed by atoms with Crippen molar-refractivity contribution in [2.24, 2.45) is 0 Å². The molecule has 2 aromatic heterocycles. The van der Waals surface area contributed by atoms with E-state index in [1.165, 1.54) is 0 Å². The van der Waals surface area contributed by atoms with Gasteiger partial charge < -0.3 is 0 Å². The molecular formula is C4H3N3S. The second-order valence-electron chi connectivity index (χ2n) is 1.44. The number of rotatable bonds is 0. The van der Waals surface area contributed by atoms with E-state index in [1.807, 2.05) is 0 Å². The number of nitrogens with one attached hydrogen (secondary N) is 1. The van der Waals surface area contributed by atoms with Crippen molar-refractivity contribution < 1.29 is 0 Å². The van der Waals surface area contributed by atoms with Crippen molar-refractivity contribution in [3.8, 4) is 0 Å². The second-order valence-corrected chi connectivity index (χ2v) is 2.32. The molecule has 8 heavy (non-hydrogen) atoms. The number of nitrogens with zero attached hydrogens (tertiary/aromatic N) is 2. The first kappa shape index (κ1) is 4.03. The molecule has 4 heteroatoms. The summed E-state index contributed by atoms with van der Waals surface area (Å²) in [6.07, 6.45) is 1.77. The van der Waals surface area contributed by atoms with Gasteiger partial charge in [0, 0.05) is 0 Å². The summed E-state index contributed by atoms with van der Waals surface area (Å²) in [6.45, 7) is 0. The minimum Gasteiger partial charge on any atom is -0.260 e. The van der Waals surface area contributed by atoms with Crippen LogP contribution in [0.15, 0.2) is 11.7 Å². The fraction of sp³-hybridized carbons (Fsp3) is 0. The molecule has 0 fully saturated rings. The molecule has 0 bridgehead atoms. The van der Waals surface area contributed by atoms with Gasteiger partial charge in [-0.15, -0.1) is 11.3 Å². The molecule has 2 aromatic rings. The standard InChI is InChI=1S/C4H3N3S/c1-3-4(7-6-1)5-2-8-3/h1-2H,(H,6,7). The lowest BCUT2D eigenvalue weighted by Gasteiger charge is -1.63. The average Bonchev–Trinajstić information content (AvgIpc) is 2.15. The average molecular weight is 125 g/mol. The van der Waals surface area contributed by atoms with Crippen molar-refractivity contribution in [3.63, 3.8) is 0 Å². The minimum absolute atomic E-state index is 0.884. The van der Waals surface area contributed by atoms with Crippen LogP contribution in [0.2, 0.25) is 0 Å². The molecule has 0 aromatic carbocycles. The van der Waals surface area contributed by atoms with E-state index in [0.717, 1.165) is 10.3 Å². The number of aromatic amines is 1. The van der Waals surface area contributed by atoms with E-state index in [1.54, 1.807) is 23.0 Å². The van der Waals surface area contributed by atoms with Crippen molar-refractivity contribution in [1.29, 1.82) is 0 Å². The van der Waals surface area contributed by atoms with Crippen LogP contribution in [-0.4, -0.2) is 15.2 Å². The molecule has 0 aliphatic carbocycles. The number of H-pyrrole nitrogens is 1. The molecule has 3 nitrogen and oxygen atoms in total. The smallest absolute Gasteiger partial charge is 0.166 e. The first-order valence-electron chi connectivity index (χ1n) is 2.19. The highest BCUT2D eigenvalue weighted by Gasteiger charge is 1.92. The highest BCUT2D eigenvalue weighted by molar-refractivity contribution is 7.16. The third-order valence-corrected chi connectivity index (χ3v) is 1.71. The van der Waals surface area contributed by atoms with E-state index in [-0.39, 0.29) is 0 Å². The summed E-state index contributed by atoms with van der Waals surface area (Å²) in [5.74, 6) is 0. The molecule has 0 amide bonds. The highest BCUT2D eigenvalue weighted by atomic mass is 32.1. The quantitative estimate of drug-likeness (QED) is 0.571. The van der Waals surface area contributed by atoms with Crippen LogP contribution in [0, 0.1) is 0 Å². The van der Waals surface area contributed by atoms with Crippen LogP contribution < -0.4 is 0 Å². The van der Waals surface area contributed by atoms with Gasteiger partial charge in [-0.1, -0.05) is 0 Å². The molecule has 1 N–H and O–H groups in total. The van der Waals surface area contributed by atoms with Crippen molar-refractivity contribution in [1.82, 2.24) is 15.2 Å². The Balaban J connectivity index is 3.06. The van der Waals surface area contributed by atoms with Crippen LogP contribution in [0.4, 0.5) is 0 Å². The Morgan fingerprint density at radius 3 is 3.50 bits per heavy atom. The molecule has 0 saturated carbocycles. The lowest BCUT2D eigenvalue weighted by molar-refractivity contribution is 1.10. The van der Waals surface area contributed by atoms with Crippen LogP contribution in [-0.2, 0) is 0 Å². The third kappa shape index (κ3) is 0.376. The molecule has 40 valence electrons. The van der Waals surface area contributed by atoms with E-state index in [2.05, 4.69) is 15.2 Å². The molecule has 0 aliphatic rings. The van der Waals surface area contributed by atoms with E-state index < -0.39 is 0 Å². The van der Waals surface area contributed by atoms with Gasteiger partial charge in [0.25, 0.3) is 0 Å². The van der Waals surface area contributed by atoms with Gasteiger partial charge in [-0.25, -0.2) is 4.98 Å². The fourth-order valence-corrected chi connectivity index (χ4v) is 1.18. The molecule has 0 radical (unpaired) electrons. The molecule has 0 saturated heterocycles. The van der Waals surface area contributed by atoms with Crippen molar-refractivity contribution in [3.05, 3.63) is 11.7 Å². The number of fused-ring (bicyclic) bond motifs is 1. The first-order chi connectivity index (χ1) is 3.97. The van der Waals surface area contributed by atoms with Gasteiger partial charge in [0.2, 0.25) is 0 Å². The summed E-state index contributed by atoms with van der Waals surface area (Å²) in [5, 5.41) is 6.53. The summed E-state index contributed by atoms with van der Waals surface area (Å²) in [4.78, 5) is 3.98. The SMILES string of the molecule is c1nc2[nH]ncc2s1. The van der Waals surface area contributed by atoms with E-state index in [0.29, 0.717) is 0 Å². The van der Waals surface area contributed by atoms with Gasteiger partial charge in [0.15, 0.2) is 5.65 Å². The predicted octanol–water partition coefficient (Wildman–Crippen LogP) is 1.02. The molecule has 2 rings (SSSR count). The minimum atomic E-state index is 0.884. The Morgan fingerprint density at radius 1 is 1.62 bits per heavy atom. The number of thiazole rings is 1. The lowest BCUT2D eigenvalue weighted by atomic mass is 10.7. The van der Waals surface area contributed by atoms with E-state index in [4.69, 9.17) is 0 Å². The normalized spacial score (nSPS) is 10.5. The summed E-state index contributed by atoms with van der Waals surface area (Å²) in [7, 11) is 0. The Hall–Kier alpha value is -0.900. The van der Waals surface area contributed by atoms with Crippen LogP contribution in [0.1, 0.15) is 0 Å². The molecule has 0 aliphatic heterocycles. The maximum atomic E-state index is 3.98. The maximum absolute atomic E-state index is 3.98. The zero-order valence-corrected chi connectivity index (χ0v) is 4.77.